The van der Waals surface area contributed by atoms with Crippen molar-refractivity contribution >= 4 is 0 Å². The third-order valence-electron chi connectivity index (χ3n) is 2.65. The monoisotopic (exact) mass is 157 g/mol. The van der Waals surface area contributed by atoms with Gasteiger partial charge in [0, 0.05) is 7.11 Å². The summed E-state index contributed by atoms with van der Waals surface area (Å²) in [6, 6.07) is 0. The van der Waals surface area contributed by atoms with E-state index in [1.807, 2.05) is 7.11 Å². The van der Waals surface area contributed by atoms with Crippen molar-refractivity contribution in [3.63, 3.8) is 0 Å². The van der Waals surface area contributed by atoms with Gasteiger partial charge >= 0.3 is 0 Å². The van der Waals surface area contributed by atoms with E-state index < -0.39 is 0 Å². The first-order chi connectivity index (χ1) is 5.36. The Balaban J connectivity index is 2.33. The average Bonchev–Trinajstić information content (AvgIpc) is 2.28. The van der Waals surface area contributed by atoms with Crippen LogP contribution >= 0.6 is 0 Å². The average molecular weight is 157 g/mol. The van der Waals surface area contributed by atoms with Crippen molar-refractivity contribution in [3.05, 3.63) is 0 Å². The molecule has 0 aliphatic heterocycles. The Morgan fingerprint density at radius 3 is 2.73 bits per heavy atom. The number of rotatable bonds is 2. The van der Waals surface area contributed by atoms with Crippen LogP contribution in [-0.4, -0.2) is 19.8 Å². The summed E-state index contributed by atoms with van der Waals surface area (Å²) in [6.45, 7) is 0.833. The van der Waals surface area contributed by atoms with Crippen molar-refractivity contribution < 1.29 is 4.74 Å². The first-order valence-corrected chi connectivity index (χ1v) is 4.59. The van der Waals surface area contributed by atoms with Crippen LogP contribution in [0.5, 0.6) is 0 Å². The minimum atomic E-state index is 0.478. The molecular weight excluding hydrogens is 138 g/mol. The molecule has 0 saturated heterocycles. The molecule has 0 amide bonds. The van der Waals surface area contributed by atoms with Crippen LogP contribution in [-0.2, 0) is 4.74 Å². The van der Waals surface area contributed by atoms with Gasteiger partial charge in [0.25, 0.3) is 0 Å². The van der Waals surface area contributed by atoms with Crippen LogP contribution in [0.1, 0.15) is 32.1 Å². The highest BCUT2D eigenvalue weighted by Gasteiger charge is 2.18. The molecule has 2 atom stereocenters. The Morgan fingerprint density at radius 2 is 2.09 bits per heavy atom. The van der Waals surface area contributed by atoms with Crippen molar-refractivity contribution in [1.29, 1.82) is 0 Å². The molecule has 2 nitrogen and oxygen atoms in total. The lowest BCUT2D eigenvalue weighted by Crippen LogP contribution is -2.19. The molecule has 66 valence electrons. The van der Waals surface area contributed by atoms with Crippen molar-refractivity contribution in [2.45, 2.75) is 38.2 Å². The second kappa shape index (κ2) is 4.73. The van der Waals surface area contributed by atoms with E-state index in [0.29, 0.717) is 12.0 Å². The highest BCUT2D eigenvalue weighted by atomic mass is 16.5. The van der Waals surface area contributed by atoms with Crippen molar-refractivity contribution in [3.8, 4) is 0 Å². The molecule has 0 aromatic rings. The lowest BCUT2D eigenvalue weighted by Gasteiger charge is -2.16. The summed E-state index contributed by atoms with van der Waals surface area (Å²) in [5.41, 5.74) is 5.63. The SMILES string of the molecule is COC1CCCCC(CN)C1. The van der Waals surface area contributed by atoms with E-state index in [4.69, 9.17) is 10.5 Å². The Hall–Kier alpha value is -0.0800. The molecule has 1 rings (SSSR count). The van der Waals surface area contributed by atoms with E-state index in [9.17, 15) is 0 Å². The topological polar surface area (TPSA) is 35.2 Å². The van der Waals surface area contributed by atoms with Gasteiger partial charge in [-0.25, -0.2) is 0 Å². The summed E-state index contributed by atoms with van der Waals surface area (Å²) in [4.78, 5) is 0. The molecule has 0 radical (unpaired) electrons. The smallest absolute Gasteiger partial charge is 0.0574 e. The standard InChI is InChI=1S/C9H19NO/c1-11-9-5-3-2-4-8(6-9)7-10/h8-9H,2-7,10H2,1H3. The molecule has 1 fully saturated rings. The fourth-order valence-corrected chi connectivity index (χ4v) is 1.84. The summed E-state index contributed by atoms with van der Waals surface area (Å²) >= 11 is 0. The van der Waals surface area contributed by atoms with Crippen LogP contribution in [0.25, 0.3) is 0 Å². The van der Waals surface area contributed by atoms with Gasteiger partial charge in [0.15, 0.2) is 0 Å². The van der Waals surface area contributed by atoms with Crippen LogP contribution in [0.3, 0.4) is 0 Å². The molecule has 0 aromatic heterocycles. The van der Waals surface area contributed by atoms with Crippen LogP contribution in [0.4, 0.5) is 0 Å². The maximum absolute atomic E-state index is 5.63. The summed E-state index contributed by atoms with van der Waals surface area (Å²) in [5, 5.41) is 0. The Kier molecular flexibility index (Phi) is 3.87. The van der Waals surface area contributed by atoms with Gasteiger partial charge < -0.3 is 10.5 Å². The van der Waals surface area contributed by atoms with Gasteiger partial charge in [0.2, 0.25) is 0 Å². The zero-order valence-electron chi connectivity index (χ0n) is 7.38. The maximum atomic E-state index is 5.63. The quantitative estimate of drug-likeness (QED) is 0.617. The number of hydrogen-bond acceptors (Lipinski definition) is 2. The van der Waals surface area contributed by atoms with Gasteiger partial charge in [-0.05, 0) is 31.7 Å². The van der Waals surface area contributed by atoms with Crippen molar-refractivity contribution in [1.82, 2.24) is 0 Å². The fourth-order valence-electron chi connectivity index (χ4n) is 1.84. The summed E-state index contributed by atoms with van der Waals surface area (Å²) in [5.74, 6) is 0.711. The zero-order chi connectivity index (χ0) is 8.10. The van der Waals surface area contributed by atoms with Gasteiger partial charge in [-0.3, -0.25) is 0 Å². The molecule has 0 bridgehead atoms. The van der Waals surface area contributed by atoms with Crippen molar-refractivity contribution in [2.75, 3.05) is 13.7 Å². The minimum Gasteiger partial charge on any atom is -0.381 e. The van der Waals surface area contributed by atoms with Gasteiger partial charge in [-0.1, -0.05) is 12.8 Å². The van der Waals surface area contributed by atoms with Crippen LogP contribution in [0, 0.1) is 5.92 Å². The Bertz CT molecular complexity index is 93.7. The fraction of sp³-hybridized carbons (Fsp3) is 1.00. The predicted molar refractivity (Wildman–Crippen MR) is 46.4 cm³/mol. The second-order valence-electron chi connectivity index (χ2n) is 3.48. The Morgan fingerprint density at radius 1 is 1.36 bits per heavy atom. The van der Waals surface area contributed by atoms with E-state index in [0.717, 1.165) is 6.54 Å². The third-order valence-corrected chi connectivity index (χ3v) is 2.65. The molecule has 1 saturated carbocycles. The molecule has 2 unspecified atom stereocenters. The minimum absolute atomic E-state index is 0.478. The lowest BCUT2D eigenvalue weighted by molar-refractivity contribution is 0.0800. The first kappa shape index (κ1) is 9.01. The predicted octanol–water partition coefficient (Wildman–Crippen LogP) is 1.54. The van der Waals surface area contributed by atoms with Gasteiger partial charge in [-0.15, -0.1) is 0 Å². The zero-order valence-corrected chi connectivity index (χ0v) is 7.38. The van der Waals surface area contributed by atoms with E-state index in [2.05, 4.69) is 0 Å². The van der Waals surface area contributed by atoms with Gasteiger partial charge in [-0.2, -0.15) is 0 Å². The summed E-state index contributed by atoms with van der Waals surface area (Å²) < 4.78 is 5.35. The Labute approximate surface area is 69.1 Å². The van der Waals surface area contributed by atoms with Crippen molar-refractivity contribution in [2.24, 2.45) is 11.7 Å². The first-order valence-electron chi connectivity index (χ1n) is 4.59. The number of nitrogens with two attached hydrogens (primary N) is 1. The molecule has 1 aliphatic rings. The molecular formula is C9H19NO. The number of ether oxygens (including phenoxy) is 1. The maximum Gasteiger partial charge on any atom is 0.0574 e. The molecule has 11 heavy (non-hydrogen) atoms. The van der Waals surface area contributed by atoms with E-state index in [1.165, 1.54) is 32.1 Å². The highest BCUT2D eigenvalue weighted by molar-refractivity contribution is 4.71. The van der Waals surface area contributed by atoms with Crippen LogP contribution < -0.4 is 5.73 Å². The number of hydrogen-bond donors (Lipinski definition) is 1. The molecule has 0 heterocycles. The second-order valence-corrected chi connectivity index (χ2v) is 3.48. The molecule has 0 spiro atoms. The lowest BCUT2D eigenvalue weighted by atomic mass is 10.00. The summed E-state index contributed by atoms with van der Waals surface area (Å²) in [7, 11) is 1.81. The third kappa shape index (κ3) is 2.80. The molecule has 0 aromatic carbocycles. The van der Waals surface area contributed by atoms with Crippen LogP contribution in [0.2, 0.25) is 0 Å². The van der Waals surface area contributed by atoms with Gasteiger partial charge in [0.05, 0.1) is 6.10 Å². The largest absolute Gasteiger partial charge is 0.381 e. The van der Waals surface area contributed by atoms with E-state index in [1.54, 1.807) is 0 Å². The number of methoxy groups -OCH3 is 1. The normalized spacial score (nSPS) is 33.3. The van der Waals surface area contributed by atoms with Gasteiger partial charge in [0.1, 0.15) is 0 Å². The molecule has 1 aliphatic carbocycles. The highest BCUT2D eigenvalue weighted by Crippen LogP contribution is 2.23. The van der Waals surface area contributed by atoms with E-state index in [-0.39, 0.29) is 0 Å². The molecule has 2 heteroatoms. The van der Waals surface area contributed by atoms with E-state index >= 15 is 0 Å². The van der Waals surface area contributed by atoms with Crippen LogP contribution in [0.15, 0.2) is 0 Å². The molecule has 2 N–H and O–H groups in total. The summed E-state index contributed by atoms with van der Waals surface area (Å²) in [6.07, 6.45) is 6.83.